The number of hydrogen-bond donors (Lipinski definition) is 0. The molecule has 0 aliphatic rings. The third-order valence-electron chi connectivity index (χ3n) is 2.35. The number of ether oxygens (including phenoxy) is 1. The van der Waals surface area contributed by atoms with Crippen molar-refractivity contribution in [3.8, 4) is 0 Å². The summed E-state index contributed by atoms with van der Waals surface area (Å²) in [4.78, 5) is 21.6. The van der Waals surface area contributed by atoms with Crippen LogP contribution in [0.5, 0.6) is 0 Å². The third-order valence-corrected chi connectivity index (χ3v) is 2.35. The molecule has 16 heavy (non-hydrogen) atoms. The van der Waals surface area contributed by atoms with Gasteiger partial charge in [-0.3, -0.25) is 9.59 Å². The molecule has 0 spiro atoms. The van der Waals surface area contributed by atoms with Crippen LogP contribution in [0.3, 0.4) is 0 Å². The molecule has 0 aliphatic carbocycles. The highest BCUT2D eigenvalue weighted by Gasteiger charge is 2.07. The highest BCUT2D eigenvalue weighted by molar-refractivity contribution is 5.97. The maximum absolute atomic E-state index is 10.9. The lowest BCUT2D eigenvalue weighted by Gasteiger charge is -2.04. The molecule has 0 fully saturated rings. The van der Waals surface area contributed by atoms with Crippen molar-refractivity contribution in [2.45, 2.75) is 13.7 Å². The van der Waals surface area contributed by atoms with Gasteiger partial charge in [0, 0.05) is 24.1 Å². The number of aromatic nitrogens is 1. The molecule has 1 aromatic carbocycles. The highest BCUT2D eigenvalue weighted by Crippen LogP contribution is 2.19. The quantitative estimate of drug-likeness (QED) is 0.583. The van der Waals surface area contributed by atoms with Crippen LogP contribution in [0.4, 0.5) is 0 Å². The Morgan fingerprint density at radius 3 is 2.88 bits per heavy atom. The van der Waals surface area contributed by atoms with Crippen molar-refractivity contribution in [2.75, 3.05) is 0 Å². The van der Waals surface area contributed by atoms with Crippen molar-refractivity contribution in [1.82, 2.24) is 4.57 Å². The van der Waals surface area contributed by atoms with Crippen LogP contribution < -0.4 is 0 Å². The topological polar surface area (TPSA) is 48.3 Å². The van der Waals surface area contributed by atoms with Gasteiger partial charge in [-0.05, 0) is 6.07 Å². The lowest BCUT2D eigenvalue weighted by molar-refractivity contribution is -0.144. The third kappa shape index (κ3) is 1.82. The van der Waals surface area contributed by atoms with Gasteiger partial charge in [-0.25, -0.2) is 0 Å². The summed E-state index contributed by atoms with van der Waals surface area (Å²) >= 11 is 0. The maximum atomic E-state index is 10.9. The number of para-hydroxylation sites is 1. The molecular formula is C12H11NO3. The molecule has 0 saturated carbocycles. The van der Waals surface area contributed by atoms with Crippen LogP contribution in [0.25, 0.3) is 10.9 Å². The van der Waals surface area contributed by atoms with E-state index in [4.69, 9.17) is 4.74 Å². The second-order valence-corrected chi connectivity index (χ2v) is 3.45. The molecule has 2 rings (SSSR count). The summed E-state index contributed by atoms with van der Waals surface area (Å²) in [5, 5.41) is 0.865. The van der Waals surface area contributed by atoms with Crippen molar-refractivity contribution in [2.24, 2.45) is 0 Å². The number of fused-ring (bicyclic) bond motifs is 1. The first kappa shape index (κ1) is 10.4. The van der Waals surface area contributed by atoms with Crippen molar-refractivity contribution < 1.29 is 14.3 Å². The average molecular weight is 217 g/mol. The minimum atomic E-state index is -0.342. The van der Waals surface area contributed by atoms with E-state index in [1.54, 1.807) is 10.8 Å². The summed E-state index contributed by atoms with van der Waals surface area (Å²) in [6, 6.07) is 7.49. The Morgan fingerprint density at radius 2 is 2.19 bits per heavy atom. The maximum Gasteiger partial charge on any atom is 0.304 e. The number of carbonyl (C=O) groups is 2. The molecular weight excluding hydrogens is 206 g/mol. The zero-order valence-electron chi connectivity index (χ0n) is 8.84. The second-order valence-electron chi connectivity index (χ2n) is 3.45. The molecule has 0 unspecified atom stereocenters. The summed E-state index contributed by atoms with van der Waals surface area (Å²) in [5.74, 6) is -0.342. The minimum absolute atomic E-state index is 0.129. The minimum Gasteiger partial charge on any atom is -0.444 e. The number of benzene rings is 1. The van der Waals surface area contributed by atoms with Gasteiger partial charge < -0.3 is 9.30 Å². The molecule has 2 aromatic rings. The van der Waals surface area contributed by atoms with Crippen molar-refractivity contribution >= 4 is 23.2 Å². The van der Waals surface area contributed by atoms with Gasteiger partial charge >= 0.3 is 5.97 Å². The lowest BCUT2D eigenvalue weighted by Crippen LogP contribution is -2.04. The van der Waals surface area contributed by atoms with E-state index in [9.17, 15) is 9.59 Å². The Bertz CT molecular complexity index is 542. The molecule has 4 nitrogen and oxygen atoms in total. The van der Waals surface area contributed by atoms with E-state index in [-0.39, 0.29) is 12.7 Å². The predicted molar refractivity (Wildman–Crippen MR) is 59.1 cm³/mol. The van der Waals surface area contributed by atoms with E-state index < -0.39 is 0 Å². The van der Waals surface area contributed by atoms with Gasteiger partial charge in [0.2, 0.25) is 0 Å². The number of aldehydes is 1. The number of esters is 1. The highest BCUT2D eigenvalue weighted by atomic mass is 16.5. The van der Waals surface area contributed by atoms with Crippen LogP contribution in [0, 0.1) is 0 Å². The second kappa shape index (κ2) is 4.18. The van der Waals surface area contributed by atoms with Gasteiger partial charge in [0.05, 0.1) is 5.52 Å². The fraction of sp³-hybridized carbons (Fsp3) is 0.167. The summed E-state index contributed by atoms with van der Waals surface area (Å²) in [6.07, 6.45) is 2.48. The first-order chi connectivity index (χ1) is 7.72. The lowest BCUT2D eigenvalue weighted by atomic mass is 10.2. The largest absolute Gasteiger partial charge is 0.444 e. The van der Waals surface area contributed by atoms with E-state index in [1.807, 2.05) is 24.3 Å². The zero-order chi connectivity index (χ0) is 11.5. The van der Waals surface area contributed by atoms with Gasteiger partial charge in [-0.2, -0.15) is 0 Å². The Labute approximate surface area is 92.4 Å². The summed E-state index contributed by atoms with van der Waals surface area (Å²) < 4.78 is 6.64. The van der Waals surface area contributed by atoms with Gasteiger partial charge in [0.25, 0.3) is 0 Å². The molecule has 0 amide bonds. The molecule has 1 aromatic heterocycles. The predicted octanol–water partition coefficient (Wildman–Crippen LogP) is 1.97. The molecule has 82 valence electrons. The summed E-state index contributed by atoms with van der Waals surface area (Å²) in [6.45, 7) is 1.48. The Hall–Kier alpha value is -2.10. The summed E-state index contributed by atoms with van der Waals surface area (Å²) in [5.41, 5.74) is 1.48. The van der Waals surface area contributed by atoms with E-state index in [0.717, 1.165) is 17.2 Å². The van der Waals surface area contributed by atoms with Gasteiger partial charge in [0.1, 0.15) is 0 Å². The van der Waals surface area contributed by atoms with Crippen LogP contribution in [-0.2, 0) is 16.3 Å². The van der Waals surface area contributed by atoms with Crippen molar-refractivity contribution in [3.63, 3.8) is 0 Å². The summed E-state index contributed by atoms with van der Waals surface area (Å²) in [7, 11) is 0. The average Bonchev–Trinajstić information content (AvgIpc) is 2.65. The van der Waals surface area contributed by atoms with E-state index in [0.29, 0.717) is 5.56 Å². The smallest absolute Gasteiger partial charge is 0.304 e. The van der Waals surface area contributed by atoms with Crippen molar-refractivity contribution in [1.29, 1.82) is 0 Å². The molecule has 0 bridgehead atoms. The zero-order valence-corrected chi connectivity index (χ0v) is 8.84. The molecule has 0 saturated heterocycles. The fourth-order valence-electron chi connectivity index (χ4n) is 1.64. The van der Waals surface area contributed by atoms with Gasteiger partial charge in [-0.1, -0.05) is 18.2 Å². The van der Waals surface area contributed by atoms with Crippen molar-refractivity contribution in [3.05, 3.63) is 36.0 Å². The van der Waals surface area contributed by atoms with E-state index in [2.05, 4.69) is 0 Å². The number of nitrogens with zero attached hydrogens (tertiary/aromatic N) is 1. The number of carbonyl (C=O) groups excluding carboxylic acids is 2. The molecule has 0 radical (unpaired) electrons. The molecule has 1 heterocycles. The van der Waals surface area contributed by atoms with Crippen LogP contribution in [0.15, 0.2) is 30.5 Å². The Morgan fingerprint density at radius 1 is 1.44 bits per heavy atom. The van der Waals surface area contributed by atoms with Gasteiger partial charge in [-0.15, -0.1) is 0 Å². The first-order valence-electron chi connectivity index (χ1n) is 4.89. The molecule has 0 atom stereocenters. The fourth-order valence-corrected chi connectivity index (χ4v) is 1.64. The van der Waals surface area contributed by atoms with Crippen LogP contribution in [0.1, 0.15) is 17.3 Å². The number of rotatable bonds is 3. The Kier molecular flexibility index (Phi) is 2.72. The molecule has 4 heteroatoms. The van der Waals surface area contributed by atoms with Crippen LogP contribution in [0.2, 0.25) is 0 Å². The number of hydrogen-bond acceptors (Lipinski definition) is 3. The van der Waals surface area contributed by atoms with E-state index in [1.165, 1.54) is 6.92 Å². The van der Waals surface area contributed by atoms with Gasteiger partial charge in [0.15, 0.2) is 13.0 Å². The normalized spacial score (nSPS) is 10.3. The van der Waals surface area contributed by atoms with Crippen LogP contribution in [-0.4, -0.2) is 16.8 Å². The SMILES string of the molecule is CC(=O)OCn1cc(C=O)c2ccccc21. The Balaban J connectivity index is 2.45. The van der Waals surface area contributed by atoms with E-state index >= 15 is 0 Å². The monoisotopic (exact) mass is 217 g/mol. The van der Waals surface area contributed by atoms with Crippen LogP contribution >= 0.6 is 0 Å². The molecule has 0 N–H and O–H groups in total. The first-order valence-corrected chi connectivity index (χ1v) is 4.89. The molecule has 0 aliphatic heterocycles. The standard InChI is InChI=1S/C12H11NO3/c1-9(15)16-8-13-6-10(7-14)11-4-2-3-5-12(11)13/h2-7H,8H2,1H3.